The summed E-state index contributed by atoms with van der Waals surface area (Å²) >= 11 is 1.71. The van der Waals surface area contributed by atoms with Crippen LogP contribution in [0.2, 0.25) is 0 Å². The highest BCUT2D eigenvalue weighted by Crippen LogP contribution is 2.56. The van der Waals surface area contributed by atoms with Gasteiger partial charge in [0.05, 0.1) is 0 Å². The molecule has 0 saturated carbocycles. The molecular formula is C18H24N2O2S. The lowest BCUT2D eigenvalue weighted by Gasteiger charge is -2.29. The van der Waals surface area contributed by atoms with E-state index in [2.05, 4.69) is 33.0 Å². The Hall–Kier alpha value is -1.49. The minimum absolute atomic E-state index is 0.0207. The molecule has 0 radical (unpaired) electrons. The van der Waals surface area contributed by atoms with Gasteiger partial charge in [0.15, 0.2) is 0 Å². The van der Waals surface area contributed by atoms with E-state index in [0.717, 1.165) is 17.5 Å². The molecule has 0 unspecified atom stereocenters. The van der Waals surface area contributed by atoms with E-state index in [1.54, 1.807) is 16.7 Å². The molecular weight excluding hydrogens is 308 g/mol. The molecule has 1 aromatic rings. The number of carbonyl (C=O) groups excluding carboxylic acids is 2. The highest BCUT2D eigenvalue weighted by Gasteiger charge is 2.57. The van der Waals surface area contributed by atoms with E-state index in [1.165, 1.54) is 0 Å². The minimum atomic E-state index is -0.426. The van der Waals surface area contributed by atoms with Crippen LogP contribution in [0.15, 0.2) is 24.3 Å². The van der Waals surface area contributed by atoms with Gasteiger partial charge < -0.3 is 10.2 Å². The topological polar surface area (TPSA) is 49.4 Å². The molecule has 2 amide bonds. The number of hydrogen-bond acceptors (Lipinski definition) is 3. The molecule has 5 heteroatoms. The van der Waals surface area contributed by atoms with Crippen molar-refractivity contribution >= 4 is 23.6 Å². The van der Waals surface area contributed by atoms with Crippen LogP contribution in [0.5, 0.6) is 0 Å². The van der Waals surface area contributed by atoms with E-state index in [9.17, 15) is 9.59 Å². The van der Waals surface area contributed by atoms with Crippen molar-refractivity contribution < 1.29 is 9.59 Å². The summed E-state index contributed by atoms with van der Waals surface area (Å²) in [5.41, 5.74) is 1.77. The first-order valence-electron chi connectivity index (χ1n) is 8.20. The molecule has 0 spiro atoms. The minimum Gasteiger partial charge on any atom is -0.354 e. The van der Waals surface area contributed by atoms with Gasteiger partial charge in [-0.2, -0.15) is 0 Å². The van der Waals surface area contributed by atoms with Crippen LogP contribution >= 0.6 is 11.8 Å². The monoisotopic (exact) mass is 332 g/mol. The van der Waals surface area contributed by atoms with E-state index >= 15 is 0 Å². The molecule has 1 aromatic carbocycles. The molecule has 0 aliphatic carbocycles. The molecule has 2 heterocycles. The zero-order valence-electron chi connectivity index (χ0n) is 14.1. The number of nitrogens with one attached hydrogen (secondary N) is 1. The van der Waals surface area contributed by atoms with E-state index < -0.39 is 6.04 Å². The maximum atomic E-state index is 12.8. The van der Waals surface area contributed by atoms with E-state index in [4.69, 9.17) is 0 Å². The van der Waals surface area contributed by atoms with Crippen LogP contribution < -0.4 is 5.32 Å². The van der Waals surface area contributed by atoms with Crippen LogP contribution in [0, 0.1) is 5.92 Å². The van der Waals surface area contributed by atoms with Gasteiger partial charge in [-0.05, 0) is 37.8 Å². The fourth-order valence-corrected chi connectivity index (χ4v) is 4.97. The van der Waals surface area contributed by atoms with Crippen LogP contribution in [0.3, 0.4) is 0 Å². The number of carbonyl (C=O) groups is 2. The summed E-state index contributed by atoms with van der Waals surface area (Å²) in [6.07, 6.45) is 0.948. The summed E-state index contributed by atoms with van der Waals surface area (Å²) in [4.78, 5) is 27.3. The second kappa shape index (κ2) is 5.86. The molecule has 2 aliphatic rings. The Morgan fingerprint density at radius 3 is 2.74 bits per heavy atom. The lowest BCUT2D eigenvalue weighted by molar-refractivity contribution is -0.126. The molecule has 0 bridgehead atoms. The number of thioether (sulfide) groups is 1. The number of nitrogens with zero attached hydrogens (tertiary/aromatic N) is 1. The quantitative estimate of drug-likeness (QED) is 0.921. The predicted octanol–water partition coefficient (Wildman–Crippen LogP) is 3.20. The largest absolute Gasteiger partial charge is 0.354 e. The highest BCUT2D eigenvalue weighted by atomic mass is 32.2. The van der Waals surface area contributed by atoms with Gasteiger partial charge in [-0.15, -0.1) is 11.8 Å². The van der Waals surface area contributed by atoms with Crippen molar-refractivity contribution in [1.29, 1.82) is 0 Å². The van der Waals surface area contributed by atoms with Gasteiger partial charge in [0, 0.05) is 16.9 Å². The third-order valence-corrected chi connectivity index (χ3v) is 6.10. The van der Waals surface area contributed by atoms with Crippen molar-refractivity contribution in [1.82, 2.24) is 10.2 Å². The Bertz CT molecular complexity index is 642. The molecule has 124 valence electrons. The van der Waals surface area contributed by atoms with Gasteiger partial charge in [-0.1, -0.05) is 32.0 Å². The number of hydrogen-bond donors (Lipinski definition) is 1. The predicted molar refractivity (Wildman–Crippen MR) is 93.3 cm³/mol. The molecule has 23 heavy (non-hydrogen) atoms. The van der Waals surface area contributed by atoms with E-state index in [0.29, 0.717) is 12.5 Å². The lowest BCUT2D eigenvalue weighted by atomic mass is 10.0. The number of rotatable bonds is 4. The van der Waals surface area contributed by atoms with Gasteiger partial charge in [0.1, 0.15) is 11.4 Å². The average molecular weight is 332 g/mol. The van der Waals surface area contributed by atoms with Crippen molar-refractivity contribution in [3.8, 4) is 0 Å². The maximum absolute atomic E-state index is 12.8. The smallest absolute Gasteiger partial charge is 0.256 e. The van der Waals surface area contributed by atoms with Crippen molar-refractivity contribution in [3.63, 3.8) is 0 Å². The van der Waals surface area contributed by atoms with Gasteiger partial charge in [0.2, 0.25) is 5.91 Å². The Morgan fingerprint density at radius 1 is 1.35 bits per heavy atom. The molecule has 1 fully saturated rings. The average Bonchev–Trinajstić information content (AvgIpc) is 2.90. The standard InChI is InChI=1S/C18H24N2O2S/c1-11(2)9-10-19-15(21)14-18(3,4)23-17-13-8-6-5-7-12(13)16(22)20(14)17/h5-8,11,14,17H,9-10H2,1-4H3,(H,19,21)/t14-,17-/m0/s1. The zero-order chi connectivity index (χ0) is 16.8. The Kier molecular flexibility index (Phi) is 4.17. The Morgan fingerprint density at radius 2 is 2.04 bits per heavy atom. The third kappa shape index (κ3) is 2.75. The SMILES string of the molecule is CC(C)CCNC(=O)[C@@H]1N2C(=O)c3ccccc3[C@@H]2SC1(C)C. The van der Waals surface area contributed by atoms with Crippen molar-refractivity contribution in [2.75, 3.05) is 6.54 Å². The summed E-state index contributed by atoms with van der Waals surface area (Å²) in [6, 6.07) is 7.27. The molecule has 4 nitrogen and oxygen atoms in total. The Labute approximate surface area is 142 Å². The number of amides is 2. The van der Waals surface area contributed by atoms with Crippen molar-refractivity contribution in [2.24, 2.45) is 5.92 Å². The first-order valence-corrected chi connectivity index (χ1v) is 9.08. The van der Waals surface area contributed by atoms with Crippen LogP contribution in [-0.4, -0.2) is 34.0 Å². The number of benzene rings is 1. The summed E-state index contributed by atoms with van der Waals surface area (Å²) in [5.74, 6) is 0.492. The van der Waals surface area contributed by atoms with Crippen molar-refractivity contribution in [3.05, 3.63) is 35.4 Å². The van der Waals surface area contributed by atoms with E-state index in [-0.39, 0.29) is 21.9 Å². The first-order chi connectivity index (χ1) is 10.8. The summed E-state index contributed by atoms with van der Waals surface area (Å²) in [5, 5.41) is 2.98. The van der Waals surface area contributed by atoms with Crippen LogP contribution in [-0.2, 0) is 4.79 Å². The van der Waals surface area contributed by atoms with Gasteiger partial charge in [-0.3, -0.25) is 9.59 Å². The molecule has 1 saturated heterocycles. The van der Waals surface area contributed by atoms with Gasteiger partial charge >= 0.3 is 0 Å². The van der Waals surface area contributed by atoms with Gasteiger partial charge in [0.25, 0.3) is 5.91 Å². The molecule has 2 aliphatic heterocycles. The lowest BCUT2D eigenvalue weighted by Crippen LogP contribution is -2.52. The normalized spacial score (nSPS) is 24.7. The summed E-state index contributed by atoms with van der Waals surface area (Å²) < 4.78 is -0.296. The summed E-state index contributed by atoms with van der Waals surface area (Å²) in [6.45, 7) is 9.04. The van der Waals surface area contributed by atoms with E-state index in [1.807, 2.05) is 24.3 Å². The van der Waals surface area contributed by atoms with Crippen LogP contribution in [0.1, 0.15) is 55.4 Å². The zero-order valence-corrected chi connectivity index (χ0v) is 14.9. The fraction of sp³-hybridized carbons (Fsp3) is 0.556. The molecule has 3 rings (SSSR count). The summed E-state index contributed by atoms with van der Waals surface area (Å²) in [7, 11) is 0. The maximum Gasteiger partial charge on any atom is 0.256 e. The Balaban J connectivity index is 1.84. The molecule has 1 N–H and O–H groups in total. The van der Waals surface area contributed by atoms with Crippen LogP contribution in [0.4, 0.5) is 0 Å². The fourth-order valence-electron chi connectivity index (χ4n) is 3.39. The molecule has 0 aromatic heterocycles. The van der Waals surface area contributed by atoms with Gasteiger partial charge in [-0.25, -0.2) is 0 Å². The second-order valence-electron chi connectivity index (χ2n) is 7.25. The second-order valence-corrected chi connectivity index (χ2v) is 8.98. The van der Waals surface area contributed by atoms with Crippen molar-refractivity contribution in [2.45, 2.75) is 50.3 Å². The third-order valence-electron chi connectivity index (χ3n) is 4.57. The highest BCUT2D eigenvalue weighted by molar-refractivity contribution is 8.01. The molecule has 2 atom stereocenters. The van der Waals surface area contributed by atoms with Crippen LogP contribution in [0.25, 0.3) is 0 Å². The first kappa shape index (κ1) is 16.4. The number of fused-ring (bicyclic) bond motifs is 3.